The van der Waals surface area contributed by atoms with Crippen molar-refractivity contribution in [2.24, 2.45) is 0 Å². The average Bonchev–Trinajstić information content (AvgIpc) is 3.10. The minimum Gasteiger partial charge on any atom is -0.356 e. The Balaban J connectivity index is 1.50. The number of rotatable bonds is 1. The first-order valence-corrected chi connectivity index (χ1v) is 7.62. The number of hydrogen-bond acceptors (Lipinski definition) is 4. The molecule has 4 heterocycles. The summed E-state index contributed by atoms with van der Waals surface area (Å²) in [5, 5.41) is 3.21. The first-order valence-electron chi connectivity index (χ1n) is 7.62. The number of imidazole rings is 1. The van der Waals surface area contributed by atoms with E-state index in [0.29, 0.717) is 31.7 Å². The number of amides is 2. The molecular formula is C14H19N5O2. The molecule has 2 amide bonds. The van der Waals surface area contributed by atoms with Crippen molar-refractivity contribution in [2.75, 3.05) is 31.5 Å². The first-order chi connectivity index (χ1) is 10.2. The highest BCUT2D eigenvalue weighted by molar-refractivity contribution is 5.93. The Labute approximate surface area is 122 Å². The largest absolute Gasteiger partial charge is 0.356 e. The zero-order valence-corrected chi connectivity index (χ0v) is 11.9. The van der Waals surface area contributed by atoms with Gasteiger partial charge in [0, 0.05) is 51.4 Å². The van der Waals surface area contributed by atoms with Gasteiger partial charge in [-0.1, -0.05) is 0 Å². The van der Waals surface area contributed by atoms with E-state index in [-0.39, 0.29) is 17.9 Å². The molecule has 1 atom stereocenters. The number of fused-ring (bicyclic) bond motifs is 2. The molecule has 3 aliphatic heterocycles. The number of carbonyl (C=O) groups excluding carboxylic acids is 2. The molecule has 0 bridgehead atoms. The summed E-state index contributed by atoms with van der Waals surface area (Å²) in [5.74, 6) is 1.01. The third-order valence-electron chi connectivity index (χ3n) is 4.64. The van der Waals surface area contributed by atoms with E-state index in [1.54, 1.807) is 0 Å². The number of aryl methyl sites for hydroxylation is 1. The zero-order valence-electron chi connectivity index (χ0n) is 11.9. The summed E-state index contributed by atoms with van der Waals surface area (Å²) in [6.07, 6.45) is 4.38. The molecule has 4 rings (SSSR count). The first kappa shape index (κ1) is 12.7. The molecule has 0 saturated carbocycles. The molecular weight excluding hydrogens is 270 g/mol. The Kier molecular flexibility index (Phi) is 2.87. The van der Waals surface area contributed by atoms with Gasteiger partial charge in [-0.3, -0.25) is 9.59 Å². The van der Waals surface area contributed by atoms with Gasteiger partial charge in [0.1, 0.15) is 5.69 Å². The highest BCUT2D eigenvalue weighted by Gasteiger charge is 2.37. The summed E-state index contributed by atoms with van der Waals surface area (Å²) in [7, 11) is 0. The van der Waals surface area contributed by atoms with Gasteiger partial charge in [-0.15, -0.1) is 0 Å². The van der Waals surface area contributed by atoms with E-state index in [1.807, 2.05) is 20.6 Å². The standard InChI is InChI=1S/C14H19N5O2/c20-12-3-2-10-8-17(6-7-19(10)12)13(21)11-9-18-5-1-4-15-14(18)16-11/h9-10H,1-8H2,(H,15,16). The predicted octanol–water partition coefficient (Wildman–Crippen LogP) is 0.145. The summed E-state index contributed by atoms with van der Waals surface area (Å²) in [6.45, 7) is 3.72. The van der Waals surface area contributed by atoms with Crippen LogP contribution in [0.5, 0.6) is 0 Å². The molecule has 112 valence electrons. The number of anilines is 1. The second-order valence-corrected chi connectivity index (χ2v) is 5.95. The SMILES string of the molecule is O=C(c1cn2c(n1)NCCC2)N1CCN2C(=O)CCC2C1. The summed E-state index contributed by atoms with van der Waals surface area (Å²) in [5.41, 5.74) is 0.511. The van der Waals surface area contributed by atoms with E-state index >= 15 is 0 Å². The predicted molar refractivity (Wildman–Crippen MR) is 76.0 cm³/mol. The highest BCUT2D eigenvalue weighted by atomic mass is 16.2. The van der Waals surface area contributed by atoms with Crippen LogP contribution in [-0.2, 0) is 11.3 Å². The lowest BCUT2D eigenvalue weighted by Crippen LogP contribution is -2.53. The normalized spacial score (nSPS) is 24.6. The van der Waals surface area contributed by atoms with Gasteiger partial charge >= 0.3 is 0 Å². The summed E-state index contributed by atoms with van der Waals surface area (Å²) in [4.78, 5) is 32.5. The van der Waals surface area contributed by atoms with Gasteiger partial charge in [0.25, 0.3) is 5.91 Å². The third kappa shape index (κ3) is 2.07. The van der Waals surface area contributed by atoms with Gasteiger partial charge in [0.15, 0.2) is 0 Å². The Bertz CT molecular complexity index is 573. The van der Waals surface area contributed by atoms with Gasteiger partial charge in [-0.25, -0.2) is 4.98 Å². The molecule has 0 radical (unpaired) electrons. The van der Waals surface area contributed by atoms with E-state index in [4.69, 9.17) is 0 Å². The van der Waals surface area contributed by atoms with E-state index in [0.717, 1.165) is 31.9 Å². The van der Waals surface area contributed by atoms with Gasteiger partial charge in [-0.2, -0.15) is 0 Å². The molecule has 1 N–H and O–H groups in total. The van der Waals surface area contributed by atoms with Gasteiger partial charge in [0.2, 0.25) is 11.9 Å². The molecule has 7 nitrogen and oxygen atoms in total. The maximum absolute atomic E-state index is 12.6. The molecule has 1 unspecified atom stereocenters. The average molecular weight is 289 g/mol. The monoisotopic (exact) mass is 289 g/mol. The van der Waals surface area contributed by atoms with Crippen LogP contribution in [0.3, 0.4) is 0 Å². The fraction of sp³-hybridized carbons (Fsp3) is 0.643. The second kappa shape index (κ2) is 4.75. The quantitative estimate of drug-likeness (QED) is 0.798. The minimum absolute atomic E-state index is 0.0160. The van der Waals surface area contributed by atoms with Crippen LogP contribution in [0.1, 0.15) is 29.8 Å². The maximum Gasteiger partial charge on any atom is 0.274 e. The summed E-state index contributed by atoms with van der Waals surface area (Å²) < 4.78 is 2.01. The zero-order chi connectivity index (χ0) is 14.4. The lowest BCUT2D eigenvalue weighted by Gasteiger charge is -2.37. The van der Waals surface area contributed by atoms with Gasteiger partial charge in [-0.05, 0) is 12.8 Å². The number of carbonyl (C=O) groups is 2. The van der Waals surface area contributed by atoms with Crippen molar-refractivity contribution in [3.05, 3.63) is 11.9 Å². The van der Waals surface area contributed by atoms with Crippen LogP contribution in [0.15, 0.2) is 6.20 Å². The van der Waals surface area contributed by atoms with E-state index in [9.17, 15) is 9.59 Å². The lowest BCUT2D eigenvalue weighted by molar-refractivity contribution is -0.130. The van der Waals surface area contributed by atoms with E-state index < -0.39 is 0 Å². The summed E-state index contributed by atoms with van der Waals surface area (Å²) in [6, 6.07) is 0.200. The van der Waals surface area contributed by atoms with Crippen LogP contribution in [0, 0.1) is 0 Å². The van der Waals surface area contributed by atoms with Crippen LogP contribution in [0.4, 0.5) is 5.95 Å². The number of nitrogens with one attached hydrogen (secondary N) is 1. The molecule has 1 aromatic heterocycles. The van der Waals surface area contributed by atoms with Crippen molar-refractivity contribution < 1.29 is 9.59 Å². The molecule has 2 fully saturated rings. The van der Waals surface area contributed by atoms with Gasteiger partial charge in [0.05, 0.1) is 0 Å². The second-order valence-electron chi connectivity index (χ2n) is 5.95. The van der Waals surface area contributed by atoms with Crippen LogP contribution in [-0.4, -0.2) is 63.4 Å². The molecule has 0 spiro atoms. The number of aromatic nitrogens is 2. The van der Waals surface area contributed by atoms with Crippen molar-refractivity contribution in [2.45, 2.75) is 31.8 Å². The van der Waals surface area contributed by atoms with Crippen molar-refractivity contribution >= 4 is 17.8 Å². The van der Waals surface area contributed by atoms with Crippen molar-refractivity contribution in [3.8, 4) is 0 Å². The molecule has 1 aromatic rings. The van der Waals surface area contributed by atoms with Crippen molar-refractivity contribution in [1.82, 2.24) is 19.4 Å². The number of nitrogens with zero attached hydrogens (tertiary/aromatic N) is 4. The van der Waals surface area contributed by atoms with Crippen LogP contribution >= 0.6 is 0 Å². The van der Waals surface area contributed by atoms with E-state index in [2.05, 4.69) is 10.3 Å². The Hall–Kier alpha value is -2.05. The minimum atomic E-state index is -0.0160. The van der Waals surface area contributed by atoms with Crippen LogP contribution < -0.4 is 5.32 Å². The Morgan fingerprint density at radius 2 is 2.24 bits per heavy atom. The molecule has 2 saturated heterocycles. The fourth-order valence-electron chi connectivity index (χ4n) is 3.49. The Morgan fingerprint density at radius 1 is 1.33 bits per heavy atom. The van der Waals surface area contributed by atoms with Crippen LogP contribution in [0.25, 0.3) is 0 Å². The fourth-order valence-corrected chi connectivity index (χ4v) is 3.49. The van der Waals surface area contributed by atoms with Gasteiger partial charge < -0.3 is 19.7 Å². The third-order valence-corrected chi connectivity index (χ3v) is 4.64. The lowest BCUT2D eigenvalue weighted by atomic mass is 10.1. The Morgan fingerprint density at radius 3 is 3.10 bits per heavy atom. The number of piperazine rings is 1. The summed E-state index contributed by atoms with van der Waals surface area (Å²) >= 11 is 0. The topological polar surface area (TPSA) is 70.5 Å². The molecule has 0 aliphatic carbocycles. The van der Waals surface area contributed by atoms with Crippen LogP contribution in [0.2, 0.25) is 0 Å². The smallest absolute Gasteiger partial charge is 0.274 e. The van der Waals surface area contributed by atoms with E-state index in [1.165, 1.54) is 0 Å². The maximum atomic E-state index is 12.6. The van der Waals surface area contributed by atoms with Crippen molar-refractivity contribution in [3.63, 3.8) is 0 Å². The molecule has 0 aromatic carbocycles. The molecule has 3 aliphatic rings. The molecule has 7 heteroatoms. The van der Waals surface area contributed by atoms with Crippen molar-refractivity contribution in [1.29, 1.82) is 0 Å². The highest BCUT2D eigenvalue weighted by Crippen LogP contribution is 2.24. The number of hydrogen-bond donors (Lipinski definition) is 1. The molecule has 21 heavy (non-hydrogen) atoms.